The van der Waals surface area contributed by atoms with Crippen molar-refractivity contribution in [2.45, 2.75) is 20.8 Å². The van der Waals surface area contributed by atoms with Gasteiger partial charge in [-0.25, -0.2) is 0 Å². The summed E-state index contributed by atoms with van der Waals surface area (Å²) in [6.07, 6.45) is 8.94. The van der Waals surface area contributed by atoms with Gasteiger partial charge in [-0.2, -0.15) is 0 Å². The number of hydrogen-bond donors (Lipinski definition) is 0. The van der Waals surface area contributed by atoms with E-state index in [0.29, 0.717) is 5.92 Å². The molecule has 0 bridgehead atoms. The zero-order valence-corrected chi connectivity index (χ0v) is 13.1. The maximum atomic E-state index is 2.35. The Hall–Kier alpha value is -2.02. The molecule has 2 aromatic carbocycles. The third kappa shape index (κ3) is 2.74. The summed E-state index contributed by atoms with van der Waals surface area (Å²) in [4.78, 5) is 0. The van der Waals surface area contributed by atoms with Crippen LogP contribution in [0.4, 0.5) is 0 Å². The average molecular weight is 272 g/mol. The van der Waals surface area contributed by atoms with Crippen molar-refractivity contribution in [1.29, 1.82) is 0 Å². The van der Waals surface area contributed by atoms with E-state index in [2.05, 4.69) is 81.5 Å². The van der Waals surface area contributed by atoms with Gasteiger partial charge in [-0.3, -0.25) is 0 Å². The lowest BCUT2D eigenvalue weighted by Gasteiger charge is -2.06. The van der Waals surface area contributed by atoms with Crippen molar-refractivity contribution in [2.75, 3.05) is 0 Å². The molecule has 1 heteroatoms. The zero-order valence-electron chi connectivity index (χ0n) is 13.1. The largest absolute Gasteiger partial charge is 0.188 e. The molecule has 3 rings (SSSR count). The molecule has 2 aromatic rings. The number of rotatable bonds is 3. The summed E-state index contributed by atoms with van der Waals surface area (Å²) in [5.74, 6) is 0.486. The van der Waals surface area contributed by atoms with Crippen molar-refractivity contribution in [1.82, 2.24) is 0 Å². The van der Waals surface area contributed by atoms with Crippen molar-refractivity contribution >= 4 is 29.1 Å². The van der Waals surface area contributed by atoms with E-state index in [1.54, 1.807) is 0 Å². The SMILES string of the molecule is C/C=C\C(C)/C=C\C1=C(C)Bc2cc3ccccc3cc21. The molecule has 0 spiro atoms. The van der Waals surface area contributed by atoms with Gasteiger partial charge in [-0.15, -0.1) is 0 Å². The van der Waals surface area contributed by atoms with Crippen LogP contribution < -0.4 is 5.46 Å². The molecule has 1 aliphatic heterocycles. The van der Waals surface area contributed by atoms with Gasteiger partial charge in [-0.05, 0) is 40.8 Å². The van der Waals surface area contributed by atoms with E-state index >= 15 is 0 Å². The second-order valence-electron chi connectivity index (χ2n) is 5.97. The van der Waals surface area contributed by atoms with Gasteiger partial charge in [0, 0.05) is 0 Å². The molecular formula is C20H21B. The molecule has 0 N–H and O–H groups in total. The first-order valence-corrected chi connectivity index (χ1v) is 7.72. The van der Waals surface area contributed by atoms with E-state index in [4.69, 9.17) is 0 Å². The lowest BCUT2D eigenvalue weighted by molar-refractivity contribution is 0.938. The molecule has 0 aliphatic carbocycles. The van der Waals surface area contributed by atoms with Crippen LogP contribution in [0.5, 0.6) is 0 Å². The van der Waals surface area contributed by atoms with E-state index in [9.17, 15) is 0 Å². The van der Waals surface area contributed by atoms with Crippen molar-refractivity contribution in [2.24, 2.45) is 5.92 Å². The van der Waals surface area contributed by atoms with Gasteiger partial charge >= 0.3 is 0 Å². The summed E-state index contributed by atoms with van der Waals surface area (Å²) in [6.45, 7) is 6.55. The monoisotopic (exact) mass is 272 g/mol. The van der Waals surface area contributed by atoms with Gasteiger partial charge in [0.1, 0.15) is 0 Å². The predicted octanol–water partition coefficient (Wildman–Crippen LogP) is 4.41. The highest BCUT2D eigenvalue weighted by molar-refractivity contribution is 6.66. The molecule has 21 heavy (non-hydrogen) atoms. The van der Waals surface area contributed by atoms with E-state index in [1.807, 2.05) is 0 Å². The highest BCUT2D eigenvalue weighted by atomic mass is 14.1. The molecule has 0 saturated carbocycles. The Bertz CT molecular complexity index is 763. The number of fused-ring (bicyclic) bond motifs is 2. The number of allylic oxidation sites excluding steroid dienone is 6. The predicted molar refractivity (Wildman–Crippen MR) is 96.4 cm³/mol. The normalized spacial score (nSPS) is 16.0. The Morgan fingerprint density at radius 3 is 2.48 bits per heavy atom. The second-order valence-corrected chi connectivity index (χ2v) is 5.97. The fourth-order valence-corrected chi connectivity index (χ4v) is 3.14. The van der Waals surface area contributed by atoms with Gasteiger partial charge < -0.3 is 0 Å². The Morgan fingerprint density at radius 2 is 1.76 bits per heavy atom. The molecule has 1 aliphatic rings. The maximum Gasteiger partial charge on any atom is 0.188 e. The van der Waals surface area contributed by atoms with Crippen LogP contribution in [0.25, 0.3) is 16.3 Å². The van der Waals surface area contributed by atoms with Crippen LogP contribution in [0.1, 0.15) is 26.3 Å². The minimum atomic E-state index is 0.486. The smallest absolute Gasteiger partial charge is 0.0949 e. The highest BCUT2D eigenvalue weighted by Gasteiger charge is 2.18. The quantitative estimate of drug-likeness (QED) is 0.573. The van der Waals surface area contributed by atoms with Gasteiger partial charge in [0.15, 0.2) is 7.28 Å². The fraction of sp³-hybridized carbons (Fsp3) is 0.200. The van der Waals surface area contributed by atoms with Gasteiger partial charge in [-0.1, -0.05) is 79.4 Å². The molecule has 0 amide bonds. The summed E-state index contributed by atoms with van der Waals surface area (Å²) in [5, 5.41) is 2.68. The molecule has 1 unspecified atom stereocenters. The maximum absolute atomic E-state index is 2.35. The minimum absolute atomic E-state index is 0.486. The molecule has 0 aromatic heterocycles. The molecule has 0 saturated heterocycles. The summed E-state index contributed by atoms with van der Waals surface area (Å²) < 4.78 is 0. The molecule has 0 fully saturated rings. The topological polar surface area (TPSA) is 0 Å². The Balaban J connectivity index is 2.01. The van der Waals surface area contributed by atoms with E-state index in [1.165, 1.54) is 32.8 Å². The van der Waals surface area contributed by atoms with Gasteiger partial charge in [0.05, 0.1) is 0 Å². The molecule has 1 heterocycles. The van der Waals surface area contributed by atoms with Crippen LogP contribution in [0.15, 0.2) is 66.2 Å². The molecular weight excluding hydrogens is 251 g/mol. The fourth-order valence-electron chi connectivity index (χ4n) is 3.14. The summed E-state index contributed by atoms with van der Waals surface area (Å²) in [5.41, 5.74) is 5.76. The lowest BCUT2D eigenvalue weighted by atomic mass is 9.67. The van der Waals surface area contributed by atoms with Crippen molar-refractivity contribution in [3.63, 3.8) is 0 Å². The Labute approximate surface area is 128 Å². The van der Waals surface area contributed by atoms with Gasteiger partial charge in [0.2, 0.25) is 0 Å². The van der Waals surface area contributed by atoms with E-state index < -0.39 is 0 Å². The Kier molecular flexibility index (Phi) is 3.83. The number of hydrogen-bond acceptors (Lipinski definition) is 0. The first kappa shape index (κ1) is 13.9. The standard InChI is InChI=1S/C20H21B/c1-4-7-14(2)10-11-18-15(3)21-20-13-17-9-6-5-8-16(17)12-19(18)20/h4-14,21H,1-3H3/b7-4-,11-10-. The molecule has 0 nitrogen and oxygen atoms in total. The Morgan fingerprint density at radius 1 is 1.05 bits per heavy atom. The first-order valence-electron chi connectivity index (χ1n) is 7.72. The van der Waals surface area contributed by atoms with E-state index in [0.717, 1.165) is 7.28 Å². The first-order chi connectivity index (χ1) is 10.2. The van der Waals surface area contributed by atoms with Crippen LogP contribution in [0, 0.1) is 5.92 Å². The van der Waals surface area contributed by atoms with Crippen molar-refractivity contribution < 1.29 is 0 Å². The van der Waals surface area contributed by atoms with Crippen LogP contribution in [-0.4, -0.2) is 7.28 Å². The van der Waals surface area contributed by atoms with Crippen LogP contribution in [0.2, 0.25) is 0 Å². The van der Waals surface area contributed by atoms with Crippen LogP contribution in [-0.2, 0) is 0 Å². The number of benzene rings is 2. The minimum Gasteiger partial charge on any atom is -0.0949 e. The van der Waals surface area contributed by atoms with Crippen LogP contribution in [0.3, 0.4) is 0 Å². The second kappa shape index (κ2) is 5.77. The molecule has 1 atom stereocenters. The van der Waals surface area contributed by atoms with Crippen LogP contribution >= 0.6 is 0 Å². The third-order valence-electron chi connectivity index (χ3n) is 4.24. The van der Waals surface area contributed by atoms with Crippen molar-refractivity contribution in [3.8, 4) is 0 Å². The van der Waals surface area contributed by atoms with E-state index in [-0.39, 0.29) is 0 Å². The molecule has 0 radical (unpaired) electrons. The summed E-state index contributed by atoms with van der Waals surface area (Å²) >= 11 is 0. The lowest BCUT2D eigenvalue weighted by Crippen LogP contribution is -2.12. The third-order valence-corrected chi connectivity index (χ3v) is 4.24. The highest BCUT2D eigenvalue weighted by Crippen LogP contribution is 2.28. The van der Waals surface area contributed by atoms with Gasteiger partial charge in [0.25, 0.3) is 0 Å². The zero-order chi connectivity index (χ0) is 14.8. The molecule has 104 valence electrons. The summed E-state index contributed by atoms with van der Waals surface area (Å²) in [7, 11) is 1.08. The summed E-state index contributed by atoms with van der Waals surface area (Å²) in [6, 6.07) is 13.3. The van der Waals surface area contributed by atoms with Crippen molar-refractivity contribution in [3.05, 3.63) is 71.7 Å². The average Bonchev–Trinajstić information content (AvgIpc) is 2.77.